The van der Waals surface area contributed by atoms with Crippen molar-refractivity contribution < 1.29 is 118 Å². The summed E-state index contributed by atoms with van der Waals surface area (Å²) in [6.45, 7) is 0. The van der Waals surface area contributed by atoms with Gasteiger partial charge in [0.25, 0.3) is 0 Å². The zero-order chi connectivity index (χ0) is 26.0. The van der Waals surface area contributed by atoms with Gasteiger partial charge in [-0.25, -0.2) is 4.68 Å². The molecular weight excluding hydrogens is 559 g/mol. The standard InChI is InChI=1S/C24H16ClN5O6.3Na/c25-17-7-6-13(22(31)32)11-18(17)27-28-20-19(12-4-2-1-3-5-12)29-30(21(20)26)16-9-14(23(33)34)8-15(10-16)24(35)36;;;/h1-11H,26H2,(H,31,32)(H,33,34)(H,35,36);;;/q;3*+1/p-3. The van der Waals surface area contributed by atoms with E-state index in [2.05, 4.69) is 15.3 Å². The predicted molar refractivity (Wildman–Crippen MR) is 122 cm³/mol. The fourth-order valence-corrected chi connectivity index (χ4v) is 3.45. The molecular formula is C24H13ClN5Na3O6. The number of azo groups is 1. The van der Waals surface area contributed by atoms with Crippen LogP contribution in [0.4, 0.5) is 17.2 Å². The second-order valence-electron chi connectivity index (χ2n) is 7.36. The Hall–Kier alpha value is -2.03. The minimum absolute atomic E-state index is 0. The van der Waals surface area contributed by atoms with Crippen molar-refractivity contribution in [2.75, 3.05) is 5.73 Å². The molecule has 0 aliphatic carbocycles. The molecule has 15 heteroatoms. The molecule has 0 aliphatic rings. The van der Waals surface area contributed by atoms with Gasteiger partial charge in [0.1, 0.15) is 11.4 Å². The van der Waals surface area contributed by atoms with E-state index < -0.39 is 29.0 Å². The van der Waals surface area contributed by atoms with Gasteiger partial charge < -0.3 is 35.4 Å². The number of nitrogen functional groups attached to an aromatic ring is 1. The van der Waals surface area contributed by atoms with Gasteiger partial charge in [-0.1, -0.05) is 48.0 Å². The Bertz CT molecular complexity index is 1530. The summed E-state index contributed by atoms with van der Waals surface area (Å²) in [5.74, 6) is -4.78. The molecule has 1 aromatic heterocycles. The average Bonchev–Trinajstić information content (AvgIpc) is 3.19. The van der Waals surface area contributed by atoms with Gasteiger partial charge in [-0.15, -0.1) is 10.2 Å². The van der Waals surface area contributed by atoms with Crippen LogP contribution in [0, 0.1) is 0 Å². The fourth-order valence-electron chi connectivity index (χ4n) is 3.30. The number of carbonyl (C=O) groups excluding carboxylic acids is 3. The first-order valence-corrected chi connectivity index (χ1v) is 10.5. The molecule has 180 valence electrons. The van der Waals surface area contributed by atoms with Crippen LogP contribution in [0.5, 0.6) is 0 Å². The smallest absolute Gasteiger partial charge is 0.545 e. The van der Waals surface area contributed by atoms with E-state index in [-0.39, 0.29) is 128 Å². The predicted octanol–water partition coefficient (Wildman–Crippen LogP) is -7.71. The van der Waals surface area contributed by atoms with Crippen LogP contribution in [0.3, 0.4) is 0 Å². The Kier molecular flexibility index (Phi) is 13.6. The number of nitrogens with two attached hydrogens (primary N) is 1. The SMILES string of the molecule is Nc1c(N=Nc2cc(C(=O)[O-])ccc2Cl)c(-c2ccccc2)nn1-c1cc(C(=O)[O-])cc(C(=O)[O-])c1.[Na+].[Na+].[Na+]. The number of hydrogen-bond acceptors (Lipinski definition) is 10. The van der Waals surface area contributed by atoms with Gasteiger partial charge in [0.15, 0.2) is 11.5 Å². The van der Waals surface area contributed by atoms with E-state index in [0.29, 0.717) is 5.56 Å². The Morgan fingerprint density at radius 2 is 1.33 bits per heavy atom. The first-order chi connectivity index (χ1) is 17.2. The number of benzene rings is 3. The fraction of sp³-hybridized carbons (Fsp3) is 0. The van der Waals surface area contributed by atoms with Crippen molar-refractivity contribution >= 4 is 46.7 Å². The van der Waals surface area contributed by atoms with Crippen molar-refractivity contribution in [3.63, 3.8) is 0 Å². The largest absolute Gasteiger partial charge is 1.00 e. The summed E-state index contributed by atoms with van der Waals surface area (Å²) in [6, 6.07) is 15.5. The summed E-state index contributed by atoms with van der Waals surface area (Å²) >= 11 is 6.12. The van der Waals surface area contributed by atoms with E-state index in [4.69, 9.17) is 17.3 Å². The van der Waals surface area contributed by atoms with Crippen LogP contribution in [0.1, 0.15) is 31.1 Å². The summed E-state index contributed by atoms with van der Waals surface area (Å²) < 4.78 is 1.09. The molecule has 0 spiro atoms. The summed E-state index contributed by atoms with van der Waals surface area (Å²) in [4.78, 5) is 34.0. The Morgan fingerprint density at radius 1 is 0.769 bits per heavy atom. The molecule has 0 saturated heterocycles. The van der Waals surface area contributed by atoms with Crippen LogP contribution in [-0.4, -0.2) is 27.7 Å². The molecule has 0 aliphatic heterocycles. The molecule has 11 nitrogen and oxygen atoms in total. The van der Waals surface area contributed by atoms with Crippen LogP contribution in [0.15, 0.2) is 77.0 Å². The van der Waals surface area contributed by atoms with Crippen molar-refractivity contribution in [2.24, 2.45) is 10.2 Å². The third kappa shape index (κ3) is 8.01. The van der Waals surface area contributed by atoms with Gasteiger partial charge in [-0.05, 0) is 47.0 Å². The molecule has 4 rings (SSSR count). The summed E-state index contributed by atoms with van der Waals surface area (Å²) in [7, 11) is 0. The normalized spacial score (nSPS) is 10.2. The van der Waals surface area contributed by atoms with Gasteiger partial charge in [0.05, 0.1) is 28.6 Å². The number of carboxylic acid groups (broad SMARTS) is 3. The number of rotatable bonds is 7. The van der Waals surface area contributed by atoms with E-state index in [9.17, 15) is 29.7 Å². The quantitative estimate of drug-likeness (QED) is 0.167. The third-order valence-electron chi connectivity index (χ3n) is 5.02. The summed E-state index contributed by atoms with van der Waals surface area (Å²) in [5, 5.41) is 46.7. The van der Waals surface area contributed by atoms with Crippen molar-refractivity contribution in [1.29, 1.82) is 0 Å². The zero-order valence-electron chi connectivity index (χ0n) is 21.0. The second kappa shape index (κ2) is 15.1. The number of nitrogens with zero attached hydrogens (tertiary/aromatic N) is 4. The van der Waals surface area contributed by atoms with Crippen molar-refractivity contribution in [3.8, 4) is 16.9 Å². The van der Waals surface area contributed by atoms with Crippen LogP contribution < -0.4 is 110 Å². The molecule has 3 aromatic carbocycles. The Balaban J connectivity index is 0.00000253. The van der Waals surface area contributed by atoms with E-state index >= 15 is 0 Å². The van der Waals surface area contributed by atoms with Crippen LogP contribution in [0.2, 0.25) is 5.02 Å². The maximum absolute atomic E-state index is 11.4. The number of aromatic nitrogens is 2. The molecule has 0 fully saturated rings. The second-order valence-corrected chi connectivity index (χ2v) is 7.76. The first kappa shape index (κ1) is 35.0. The van der Waals surface area contributed by atoms with Gasteiger partial charge in [0, 0.05) is 5.56 Å². The van der Waals surface area contributed by atoms with E-state index in [1.807, 2.05) is 0 Å². The van der Waals surface area contributed by atoms with Gasteiger partial charge >= 0.3 is 88.7 Å². The Labute approximate surface area is 293 Å². The van der Waals surface area contributed by atoms with Crippen molar-refractivity contribution in [2.45, 2.75) is 0 Å². The van der Waals surface area contributed by atoms with E-state index in [1.165, 1.54) is 18.2 Å². The number of carboxylic acids is 3. The minimum Gasteiger partial charge on any atom is -0.545 e. The van der Waals surface area contributed by atoms with Crippen LogP contribution >= 0.6 is 11.6 Å². The van der Waals surface area contributed by atoms with E-state index in [0.717, 1.165) is 22.9 Å². The average molecular weight is 572 g/mol. The van der Waals surface area contributed by atoms with Crippen molar-refractivity contribution in [1.82, 2.24) is 9.78 Å². The molecule has 1 heterocycles. The summed E-state index contributed by atoms with van der Waals surface area (Å²) in [6.07, 6.45) is 0. The number of halogens is 1. The Morgan fingerprint density at radius 3 is 1.87 bits per heavy atom. The van der Waals surface area contributed by atoms with Gasteiger partial charge in [-0.3, -0.25) is 0 Å². The molecule has 39 heavy (non-hydrogen) atoms. The number of carbonyl (C=O) groups is 3. The van der Waals surface area contributed by atoms with Crippen LogP contribution in [0.25, 0.3) is 16.9 Å². The molecule has 0 bridgehead atoms. The van der Waals surface area contributed by atoms with Gasteiger partial charge in [0.2, 0.25) is 0 Å². The number of hydrogen-bond donors (Lipinski definition) is 1. The summed E-state index contributed by atoms with van der Waals surface area (Å²) in [5.41, 5.74) is 6.07. The van der Waals surface area contributed by atoms with Crippen molar-refractivity contribution in [3.05, 3.63) is 88.4 Å². The maximum atomic E-state index is 11.4. The van der Waals surface area contributed by atoms with Gasteiger partial charge in [-0.2, -0.15) is 5.10 Å². The zero-order valence-corrected chi connectivity index (χ0v) is 27.8. The molecule has 0 amide bonds. The molecule has 0 unspecified atom stereocenters. The monoisotopic (exact) mass is 571 g/mol. The minimum atomic E-state index is -1.62. The third-order valence-corrected chi connectivity index (χ3v) is 5.34. The number of aromatic carboxylic acids is 3. The van der Waals surface area contributed by atoms with E-state index in [1.54, 1.807) is 30.3 Å². The molecule has 2 N–H and O–H groups in total. The molecule has 4 aromatic rings. The molecule has 0 saturated carbocycles. The topological polar surface area (TPSA) is 189 Å². The first-order valence-electron chi connectivity index (χ1n) is 10.1. The maximum Gasteiger partial charge on any atom is 1.00 e. The van der Waals surface area contributed by atoms with Crippen LogP contribution in [-0.2, 0) is 0 Å². The number of anilines is 1. The molecule has 0 radical (unpaired) electrons. The molecule has 0 atom stereocenters.